The second-order valence-corrected chi connectivity index (χ2v) is 5.44. The van der Waals surface area contributed by atoms with E-state index in [1.165, 1.54) is 0 Å². The highest BCUT2D eigenvalue weighted by Crippen LogP contribution is 2.24. The average Bonchev–Trinajstić information content (AvgIpc) is 2.75. The van der Waals surface area contributed by atoms with E-state index in [2.05, 4.69) is 5.32 Å². The van der Waals surface area contributed by atoms with Gasteiger partial charge in [-0.1, -0.05) is 17.7 Å². The Balaban J connectivity index is 1.93. The lowest BCUT2D eigenvalue weighted by Gasteiger charge is -2.12. The molecule has 3 nitrogen and oxygen atoms in total. The molecule has 4 heteroatoms. The number of aryl methyl sites for hydroxylation is 1. The largest absolute Gasteiger partial charge is 0.393 e. The van der Waals surface area contributed by atoms with Crippen LogP contribution in [0.5, 0.6) is 0 Å². The van der Waals surface area contributed by atoms with Crippen LogP contribution >= 0.6 is 11.6 Å². The van der Waals surface area contributed by atoms with E-state index >= 15 is 0 Å². The molecule has 0 aromatic heterocycles. The molecule has 1 amide bonds. The van der Waals surface area contributed by atoms with Crippen molar-refractivity contribution >= 4 is 17.5 Å². The number of amides is 1. The summed E-state index contributed by atoms with van der Waals surface area (Å²) in [6, 6.07) is 5.31. The number of aliphatic hydroxyl groups is 1. The van der Waals surface area contributed by atoms with E-state index in [-0.39, 0.29) is 12.0 Å². The van der Waals surface area contributed by atoms with Crippen molar-refractivity contribution in [3.8, 4) is 0 Å². The summed E-state index contributed by atoms with van der Waals surface area (Å²) < 4.78 is 0. The van der Waals surface area contributed by atoms with E-state index in [9.17, 15) is 9.90 Å². The predicted octanol–water partition coefficient (Wildman–Crippen LogP) is 2.54. The van der Waals surface area contributed by atoms with Gasteiger partial charge in [0, 0.05) is 17.1 Å². The number of hydrogen-bond acceptors (Lipinski definition) is 2. The molecule has 1 saturated carbocycles. The van der Waals surface area contributed by atoms with Crippen LogP contribution in [0.25, 0.3) is 0 Å². The molecule has 2 N–H and O–H groups in total. The zero-order valence-electron chi connectivity index (χ0n) is 10.4. The van der Waals surface area contributed by atoms with Gasteiger partial charge < -0.3 is 10.4 Å². The highest BCUT2D eigenvalue weighted by atomic mass is 35.5. The van der Waals surface area contributed by atoms with E-state index in [1.54, 1.807) is 12.1 Å². The average molecular weight is 268 g/mol. The molecule has 0 aliphatic heterocycles. The minimum absolute atomic E-state index is 0.0867. The zero-order chi connectivity index (χ0) is 13.1. The molecule has 2 atom stereocenters. The summed E-state index contributed by atoms with van der Waals surface area (Å²) in [5.41, 5.74) is 1.55. The summed E-state index contributed by atoms with van der Waals surface area (Å²) in [5, 5.41) is 12.9. The Bertz CT molecular complexity index is 447. The van der Waals surface area contributed by atoms with Crippen LogP contribution < -0.4 is 5.32 Å². The first-order valence-corrected chi connectivity index (χ1v) is 6.66. The standard InChI is InChI=1S/C14H18ClNO2/c1-9-2-4-11(15)7-13(9)14(18)16-8-10-3-5-12(17)6-10/h2,4,7,10,12,17H,3,5-6,8H2,1H3,(H,16,18). The lowest BCUT2D eigenvalue weighted by molar-refractivity contribution is 0.0944. The zero-order valence-corrected chi connectivity index (χ0v) is 11.2. The van der Waals surface area contributed by atoms with Gasteiger partial charge in [0.1, 0.15) is 0 Å². The van der Waals surface area contributed by atoms with E-state index in [0.29, 0.717) is 23.0 Å². The fourth-order valence-electron chi connectivity index (χ4n) is 2.41. The first kappa shape index (κ1) is 13.4. The van der Waals surface area contributed by atoms with Gasteiger partial charge in [-0.15, -0.1) is 0 Å². The molecule has 1 aliphatic rings. The highest BCUT2D eigenvalue weighted by molar-refractivity contribution is 6.31. The van der Waals surface area contributed by atoms with Crippen LogP contribution in [0.3, 0.4) is 0 Å². The number of benzene rings is 1. The molecule has 0 bridgehead atoms. The number of halogens is 1. The molecule has 2 unspecified atom stereocenters. The maximum absolute atomic E-state index is 12.0. The molecule has 2 rings (SSSR count). The second-order valence-electron chi connectivity index (χ2n) is 5.00. The third-order valence-electron chi connectivity index (χ3n) is 3.51. The molecule has 18 heavy (non-hydrogen) atoms. The molecule has 1 aromatic carbocycles. The highest BCUT2D eigenvalue weighted by Gasteiger charge is 2.23. The number of carbonyl (C=O) groups excluding carboxylic acids is 1. The van der Waals surface area contributed by atoms with E-state index in [0.717, 1.165) is 24.8 Å². The summed E-state index contributed by atoms with van der Waals surface area (Å²) in [6.45, 7) is 2.52. The van der Waals surface area contributed by atoms with E-state index in [1.807, 2.05) is 13.0 Å². The summed E-state index contributed by atoms with van der Waals surface area (Å²) in [5.74, 6) is 0.305. The fraction of sp³-hybridized carbons (Fsp3) is 0.500. The maximum Gasteiger partial charge on any atom is 0.251 e. The Morgan fingerprint density at radius 2 is 2.28 bits per heavy atom. The fourth-order valence-corrected chi connectivity index (χ4v) is 2.58. The van der Waals surface area contributed by atoms with Crippen molar-refractivity contribution in [1.82, 2.24) is 5.32 Å². The van der Waals surface area contributed by atoms with Gasteiger partial charge in [0.2, 0.25) is 0 Å². The van der Waals surface area contributed by atoms with Gasteiger partial charge in [-0.25, -0.2) is 0 Å². The predicted molar refractivity (Wildman–Crippen MR) is 71.9 cm³/mol. The molecule has 98 valence electrons. The third-order valence-corrected chi connectivity index (χ3v) is 3.74. The van der Waals surface area contributed by atoms with Crippen LogP contribution in [-0.2, 0) is 0 Å². The smallest absolute Gasteiger partial charge is 0.251 e. The van der Waals surface area contributed by atoms with Crippen LogP contribution in [-0.4, -0.2) is 23.7 Å². The Kier molecular flexibility index (Phi) is 4.25. The molecule has 0 radical (unpaired) electrons. The van der Waals surface area contributed by atoms with Gasteiger partial charge in [0.25, 0.3) is 5.91 Å². The summed E-state index contributed by atoms with van der Waals surface area (Å²) >= 11 is 5.89. The minimum atomic E-state index is -0.195. The van der Waals surface area contributed by atoms with Gasteiger partial charge in [0.05, 0.1) is 6.10 Å². The van der Waals surface area contributed by atoms with Gasteiger partial charge in [-0.2, -0.15) is 0 Å². The van der Waals surface area contributed by atoms with E-state index in [4.69, 9.17) is 11.6 Å². The molecule has 0 heterocycles. The number of nitrogens with one attached hydrogen (secondary N) is 1. The Hall–Kier alpha value is -1.06. The van der Waals surface area contributed by atoms with Crippen LogP contribution in [0.15, 0.2) is 18.2 Å². The van der Waals surface area contributed by atoms with Crippen molar-refractivity contribution in [3.63, 3.8) is 0 Å². The second kappa shape index (κ2) is 5.72. The number of hydrogen-bond donors (Lipinski definition) is 2. The molecular weight excluding hydrogens is 250 g/mol. The molecule has 1 aromatic rings. The monoisotopic (exact) mass is 267 g/mol. The normalized spacial score (nSPS) is 23.1. The summed E-state index contributed by atoms with van der Waals surface area (Å²) in [6.07, 6.45) is 2.42. The van der Waals surface area contributed by atoms with Gasteiger partial charge in [0.15, 0.2) is 0 Å². The van der Waals surface area contributed by atoms with Gasteiger partial charge >= 0.3 is 0 Å². The third kappa shape index (κ3) is 3.24. The molecule has 1 fully saturated rings. The van der Waals surface area contributed by atoms with Crippen LogP contribution in [0, 0.1) is 12.8 Å². The first-order chi connectivity index (χ1) is 8.56. The Morgan fingerprint density at radius 3 is 2.94 bits per heavy atom. The molecular formula is C14H18ClNO2. The first-order valence-electron chi connectivity index (χ1n) is 6.28. The van der Waals surface area contributed by atoms with Gasteiger partial charge in [-0.05, 0) is 49.8 Å². The maximum atomic E-state index is 12.0. The lowest BCUT2D eigenvalue weighted by atomic mass is 10.1. The van der Waals surface area contributed by atoms with Crippen molar-refractivity contribution < 1.29 is 9.90 Å². The topological polar surface area (TPSA) is 49.3 Å². The SMILES string of the molecule is Cc1ccc(Cl)cc1C(=O)NCC1CCC(O)C1. The van der Waals surface area contributed by atoms with Gasteiger partial charge in [-0.3, -0.25) is 4.79 Å². The van der Waals surface area contributed by atoms with Crippen molar-refractivity contribution in [1.29, 1.82) is 0 Å². The quantitative estimate of drug-likeness (QED) is 0.884. The van der Waals surface area contributed by atoms with Crippen molar-refractivity contribution in [2.24, 2.45) is 5.92 Å². The number of carbonyl (C=O) groups is 1. The van der Waals surface area contributed by atoms with Crippen LogP contribution in [0.1, 0.15) is 35.2 Å². The van der Waals surface area contributed by atoms with Crippen molar-refractivity contribution in [3.05, 3.63) is 34.3 Å². The van der Waals surface area contributed by atoms with Crippen LogP contribution in [0.4, 0.5) is 0 Å². The molecule has 0 spiro atoms. The number of aliphatic hydroxyl groups excluding tert-OH is 1. The Morgan fingerprint density at radius 1 is 1.50 bits per heavy atom. The van der Waals surface area contributed by atoms with E-state index < -0.39 is 0 Å². The molecule has 1 aliphatic carbocycles. The molecule has 0 saturated heterocycles. The summed E-state index contributed by atoms with van der Waals surface area (Å²) in [4.78, 5) is 12.0. The Labute approximate surface area is 112 Å². The van der Waals surface area contributed by atoms with Crippen molar-refractivity contribution in [2.45, 2.75) is 32.3 Å². The summed E-state index contributed by atoms with van der Waals surface area (Å²) in [7, 11) is 0. The van der Waals surface area contributed by atoms with Crippen molar-refractivity contribution in [2.75, 3.05) is 6.54 Å². The lowest BCUT2D eigenvalue weighted by Crippen LogP contribution is -2.29. The van der Waals surface area contributed by atoms with Crippen LogP contribution in [0.2, 0.25) is 5.02 Å². The minimum Gasteiger partial charge on any atom is -0.393 e. The number of rotatable bonds is 3.